The molecule has 0 aromatic heterocycles. The number of nitrogens with two attached hydrogens (primary N) is 1. The molecule has 0 unspecified atom stereocenters. The summed E-state index contributed by atoms with van der Waals surface area (Å²) in [5.74, 6) is -0.407. The number of phenols is 1. The maximum atomic E-state index is 11.5. The van der Waals surface area contributed by atoms with Gasteiger partial charge in [0.15, 0.2) is 0 Å². The Morgan fingerprint density at radius 1 is 1.12 bits per heavy atom. The second-order valence-corrected chi connectivity index (χ2v) is 4.79. The number of phenolic OH excluding ortho intramolecular Hbond substituents is 1. The normalized spacial score (nSPS) is 10.4. The van der Waals surface area contributed by atoms with E-state index in [0.717, 1.165) is 6.07 Å². The second-order valence-electron chi connectivity index (χ2n) is 4.79. The summed E-state index contributed by atoms with van der Waals surface area (Å²) in [5.41, 5.74) is 4.52. The Labute approximate surface area is 135 Å². The molecular weight excluding hydrogens is 320 g/mol. The van der Waals surface area contributed by atoms with Gasteiger partial charge in [-0.05, 0) is 23.8 Å². The number of nitrogens with one attached hydrogen (secondary N) is 1. The molecule has 2 aromatic rings. The minimum Gasteiger partial charge on any atom is -0.507 e. The molecule has 0 spiro atoms. The smallest absolute Gasteiger partial charge is 0.303 e. The first kappa shape index (κ1) is 17.0. The number of nitro groups is 2. The summed E-state index contributed by atoms with van der Waals surface area (Å²) in [6.07, 6.45) is 0. The number of hydrogen-bond donors (Lipinski definition) is 4. The molecule has 2 rings (SSSR count). The highest BCUT2D eigenvalue weighted by Gasteiger charge is 2.26. The third-order valence-electron chi connectivity index (χ3n) is 3.28. The van der Waals surface area contributed by atoms with Crippen LogP contribution in [0.4, 0.5) is 22.7 Å². The van der Waals surface area contributed by atoms with Gasteiger partial charge in [-0.2, -0.15) is 0 Å². The summed E-state index contributed by atoms with van der Waals surface area (Å²) in [4.78, 5) is 21.0. The highest BCUT2D eigenvalue weighted by molar-refractivity contribution is 5.88. The van der Waals surface area contributed by atoms with E-state index in [9.17, 15) is 25.3 Å². The monoisotopic (exact) mass is 334 g/mol. The van der Waals surface area contributed by atoms with Crippen molar-refractivity contribution in [1.29, 1.82) is 0 Å². The van der Waals surface area contributed by atoms with Crippen LogP contribution in [0.5, 0.6) is 5.75 Å². The van der Waals surface area contributed by atoms with Gasteiger partial charge in [-0.3, -0.25) is 20.2 Å². The van der Waals surface area contributed by atoms with Crippen LogP contribution in [0.1, 0.15) is 0 Å². The predicted octanol–water partition coefficient (Wildman–Crippen LogP) is 1.86. The average molecular weight is 334 g/mol. The average Bonchev–Trinajstić information content (AvgIpc) is 2.53. The van der Waals surface area contributed by atoms with E-state index in [0.29, 0.717) is 0 Å². The first-order chi connectivity index (χ1) is 11.4. The van der Waals surface area contributed by atoms with Crippen molar-refractivity contribution in [3.63, 3.8) is 0 Å². The lowest BCUT2D eigenvalue weighted by molar-refractivity contribution is -0.384. The summed E-state index contributed by atoms with van der Waals surface area (Å²) in [7, 11) is 0. The summed E-state index contributed by atoms with van der Waals surface area (Å²) < 4.78 is 0. The number of hydrogen-bond acceptors (Lipinski definition) is 8. The van der Waals surface area contributed by atoms with E-state index in [1.807, 2.05) is 0 Å². The van der Waals surface area contributed by atoms with Crippen molar-refractivity contribution in [1.82, 2.24) is 0 Å². The minimum atomic E-state index is -0.713. The van der Waals surface area contributed by atoms with Crippen molar-refractivity contribution in [2.45, 2.75) is 0 Å². The number of nitrogen functional groups attached to an aromatic ring is 1. The zero-order valence-electron chi connectivity index (χ0n) is 12.3. The van der Waals surface area contributed by atoms with Crippen molar-refractivity contribution in [3.8, 4) is 16.9 Å². The Balaban J connectivity index is 2.71. The third-order valence-corrected chi connectivity index (χ3v) is 3.28. The van der Waals surface area contributed by atoms with E-state index < -0.39 is 27.0 Å². The molecular formula is C14H14N4O6. The SMILES string of the molecule is Nc1ccc(-c2c(O)ccc(NCCO)c2[N+](=O)[O-])cc1[N+](=O)[O-]. The molecule has 0 saturated carbocycles. The highest BCUT2D eigenvalue weighted by atomic mass is 16.6. The van der Waals surface area contributed by atoms with E-state index in [2.05, 4.69) is 5.32 Å². The zero-order chi connectivity index (χ0) is 17.9. The fraction of sp³-hybridized carbons (Fsp3) is 0.143. The topological polar surface area (TPSA) is 165 Å². The number of aliphatic hydroxyl groups is 1. The lowest BCUT2D eigenvalue weighted by atomic mass is 10.00. The minimum absolute atomic E-state index is 0.0624. The first-order valence-electron chi connectivity index (χ1n) is 6.76. The molecule has 5 N–H and O–H groups in total. The molecule has 0 atom stereocenters. The van der Waals surface area contributed by atoms with Gasteiger partial charge in [0.25, 0.3) is 5.69 Å². The fourth-order valence-electron chi connectivity index (χ4n) is 2.25. The maximum absolute atomic E-state index is 11.5. The quantitative estimate of drug-likeness (QED) is 0.269. The summed E-state index contributed by atoms with van der Waals surface area (Å²) in [6.45, 7) is -0.187. The fourth-order valence-corrected chi connectivity index (χ4v) is 2.25. The van der Waals surface area contributed by atoms with Crippen molar-refractivity contribution in [3.05, 3.63) is 50.6 Å². The number of nitrogens with zero attached hydrogens (tertiary/aromatic N) is 2. The molecule has 10 nitrogen and oxygen atoms in total. The molecule has 0 radical (unpaired) electrons. The Morgan fingerprint density at radius 2 is 1.83 bits per heavy atom. The van der Waals surface area contributed by atoms with Gasteiger partial charge in [0.05, 0.1) is 16.5 Å². The summed E-state index contributed by atoms with van der Waals surface area (Å²) in [5, 5.41) is 44.0. The molecule has 0 aliphatic heterocycles. The van der Waals surface area contributed by atoms with Gasteiger partial charge >= 0.3 is 5.69 Å². The number of rotatable bonds is 6. The largest absolute Gasteiger partial charge is 0.507 e. The number of nitro benzene ring substituents is 2. The van der Waals surface area contributed by atoms with Gasteiger partial charge < -0.3 is 21.3 Å². The van der Waals surface area contributed by atoms with Gasteiger partial charge in [0.2, 0.25) is 0 Å². The Hall–Kier alpha value is -3.40. The molecule has 0 bridgehead atoms. The lowest BCUT2D eigenvalue weighted by Gasteiger charge is -2.11. The second kappa shape index (κ2) is 6.79. The van der Waals surface area contributed by atoms with Crippen LogP contribution in [0.15, 0.2) is 30.3 Å². The van der Waals surface area contributed by atoms with E-state index in [4.69, 9.17) is 10.8 Å². The highest BCUT2D eigenvalue weighted by Crippen LogP contribution is 2.43. The molecule has 0 fully saturated rings. The van der Waals surface area contributed by atoms with E-state index in [-0.39, 0.29) is 35.7 Å². The van der Waals surface area contributed by atoms with Gasteiger partial charge in [0, 0.05) is 12.6 Å². The molecule has 2 aromatic carbocycles. The Kier molecular flexibility index (Phi) is 4.80. The number of benzene rings is 2. The molecule has 126 valence electrons. The van der Waals surface area contributed by atoms with Crippen LogP contribution in [-0.4, -0.2) is 33.2 Å². The standard InChI is InChI=1S/C14H14N4O6/c15-9-2-1-8(7-11(9)17(21)22)13-12(20)4-3-10(16-5-6-19)14(13)18(23)24/h1-4,7,16,19-20H,5-6,15H2. The molecule has 0 aliphatic rings. The molecule has 10 heteroatoms. The molecule has 0 heterocycles. The summed E-state index contributed by atoms with van der Waals surface area (Å²) >= 11 is 0. The van der Waals surface area contributed by atoms with E-state index in [1.54, 1.807) is 0 Å². The summed E-state index contributed by atoms with van der Waals surface area (Å²) in [6, 6.07) is 6.17. The zero-order valence-corrected chi connectivity index (χ0v) is 12.3. The lowest BCUT2D eigenvalue weighted by Crippen LogP contribution is -2.08. The molecule has 0 amide bonds. The molecule has 0 saturated heterocycles. The van der Waals surface area contributed by atoms with Crippen LogP contribution < -0.4 is 11.1 Å². The van der Waals surface area contributed by atoms with Gasteiger partial charge in [-0.1, -0.05) is 6.07 Å². The van der Waals surface area contributed by atoms with E-state index in [1.165, 1.54) is 24.3 Å². The van der Waals surface area contributed by atoms with Crippen LogP contribution >= 0.6 is 0 Å². The number of aliphatic hydroxyl groups excluding tert-OH is 1. The molecule has 0 aliphatic carbocycles. The van der Waals surface area contributed by atoms with Crippen molar-refractivity contribution in [2.75, 3.05) is 24.2 Å². The van der Waals surface area contributed by atoms with Crippen molar-refractivity contribution in [2.24, 2.45) is 0 Å². The third kappa shape index (κ3) is 3.17. The Morgan fingerprint density at radius 3 is 2.42 bits per heavy atom. The van der Waals surface area contributed by atoms with Crippen LogP contribution in [0, 0.1) is 20.2 Å². The van der Waals surface area contributed by atoms with Gasteiger partial charge in [0.1, 0.15) is 22.7 Å². The van der Waals surface area contributed by atoms with Crippen LogP contribution in [0.2, 0.25) is 0 Å². The van der Waals surface area contributed by atoms with Crippen molar-refractivity contribution >= 4 is 22.7 Å². The first-order valence-corrected chi connectivity index (χ1v) is 6.76. The molecule has 24 heavy (non-hydrogen) atoms. The predicted molar refractivity (Wildman–Crippen MR) is 86.8 cm³/mol. The Bertz CT molecular complexity index is 808. The number of anilines is 2. The van der Waals surface area contributed by atoms with Crippen LogP contribution in [0.3, 0.4) is 0 Å². The van der Waals surface area contributed by atoms with Gasteiger partial charge in [-0.15, -0.1) is 0 Å². The van der Waals surface area contributed by atoms with Gasteiger partial charge in [-0.25, -0.2) is 0 Å². The van der Waals surface area contributed by atoms with E-state index >= 15 is 0 Å². The van der Waals surface area contributed by atoms with Crippen molar-refractivity contribution < 1.29 is 20.1 Å². The maximum Gasteiger partial charge on any atom is 0.303 e. The number of aromatic hydroxyl groups is 1. The van der Waals surface area contributed by atoms with Crippen LogP contribution in [0.25, 0.3) is 11.1 Å². The van der Waals surface area contributed by atoms with Crippen LogP contribution in [-0.2, 0) is 0 Å².